The highest BCUT2D eigenvalue weighted by Gasteiger charge is 2.17. The zero-order valence-corrected chi connectivity index (χ0v) is 7.08. The van der Waals surface area contributed by atoms with Crippen LogP contribution in [0.15, 0.2) is 23.8 Å². The Morgan fingerprint density at radius 1 is 1.50 bits per heavy atom. The highest BCUT2D eigenvalue weighted by Crippen LogP contribution is 2.23. The summed E-state index contributed by atoms with van der Waals surface area (Å²) in [6.45, 7) is 10.3. The molecule has 2 atom stereocenters. The van der Waals surface area contributed by atoms with Crippen LogP contribution in [0, 0.1) is 5.92 Å². The van der Waals surface area contributed by atoms with Crippen molar-refractivity contribution in [1.29, 1.82) is 0 Å². The van der Waals surface area contributed by atoms with Gasteiger partial charge < -0.3 is 0 Å². The van der Waals surface area contributed by atoms with E-state index < -0.39 is 6.17 Å². The van der Waals surface area contributed by atoms with E-state index in [2.05, 4.69) is 13.2 Å². The second kappa shape index (κ2) is 3.77. The van der Waals surface area contributed by atoms with Crippen LogP contribution in [0.1, 0.15) is 13.8 Å². The van der Waals surface area contributed by atoms with Crippen LogP contribution in [0.25, 0.3) is 0 Å². The molecule has 0 aliphatic rings. The topological polar surface area (TPSA) is 0 Å². The van der Waals surface area contributed by atoms with Gasteiger partial charge in [-0.25, -0.2) is 4.39 Å². The third-order valence-electron chi connectivity index (χ3n) is 1.40. The van der Waals surface area contributed by atoms with E-state index >= 15 is 0 Å². The minimum absolute atomic E-state index is 0.334. The first-order valence-corrected chi connectivity index (χ1v) is 3.48. The van der Waals surface area contributed by atoms with Gasteiger partial charge in [0.15, 0.2) is 0 Å². The third kappa shape index (κ3) is 2.53. The summed E-state index contributed by atoms with van der Waals surface area (Å²) in [6, 6.07) is 0. The standard InChI is InChI=1S/C8H12ClF/c1-5(2)8(10)6(3)7(4)9/h6,8H,1,4H2,2-3H3. The number of halogens is 2. The lowest BCUT2D eigenvalue weighted by atomic mass is 10.0. The Bertz CT molecular complexity index is 133. The average Bonchev–Trinajstić information content (AvgIpc) is 1.84. The van der Waals surface area contributed by atoms with Gasteiger partial charge in [0.05, 0.1) is 0 Å². The molecule has 2 heteroatoms. The number of hydrogen-bond donors (Lipinski definition) is 0. The molecular formula is C8H12ClF. The molecule has 0 saturated heterocycles. The minimum Gasteiger partial charge on any atom is -0.242 e. The largest absolute Gasteiger partial charge is 0.242 e. The lowest BCUT2D eigenvalue weighted by Crippen LogP contribution is -2.12. The van der Waals surface area contributed by atoms with Crippen molar-refractivity contribution in [1.82, 2.24) is 0 Å². The number of hydrogen-bond acceptors (Lipinski definition) is 0. The molecule has 0 rings (SSSR count). The molecule has 0 nitrogen and oxygen atoms in total. The first-order valence-electron chi connectivity index (χ1n) is 3.10. The van der Waals surface area contributed by atoms with Crippen molar-refractivity contribution in [3.8, 4) is 0 Å². The van der Waals surface area contributed by atoms with Crippen molar-refractivity contribution in [2.75, 3.05) is 0 Å². The van der Waals surface area contributed by atoms with Gasteiger partial charge in [0.25, 0.3) is 0 Å². The van der Waals surface area contributed by atoms with Gasteiger partial charge in [-0.2, -0.15) is 0 Å². The van der Waals surface area contributed by atoms with E-state index in [0.717, 1.165) is 0 Å². The molecule has 0 aliphatic heterocycles. The lowest BCUT2D eigenvalue weighted by molar-refractivity contribution is 0.317. The van der Waals surface area contributed by atoms with Crippen LogP contribution in [-0.4, -0.2) is 6.17 Å². The van der Waals surface area contributed by atoms with E-state index in [1.165, 1.54) is 0 Å². The van der Waals surface area contributed by atoms with Gasteiger partial charge >= 0.3 is 0 Å². The maximum absolute atomic E-state index is 12.9. The molecule has 0 amide bonds. The van der Waals surface area contributed by atoms with E-state index in [9.17, 15) is 4.39 Å². The molecule has 0 saturated carbocycles. The zero-order valence-electron chi connectivity index (χ0n) is 6.32. The highest BCUT2D eigenvalue weighted by molar-refractivity contribution is 6.29. The summed E-state index contributed by atoms with van der Waals surface area (Å²) in [5, 5.41) is 0.343. The predicted octanol–water partition coefficient (Wildman–Crippen LogP) is 3.29. The van der Waals surface area contributed by atoms with Crippen molar-refractivity contribution in [3.63, 3.8) is 0 Å². The quantitative estimate of drug-likeness (QED) is 0.559. The van der Waals surface area contributed by atoms with Crippen molar-refractivity contribution < 1.29 is 4.39 Å². The Morgan fingerprint density at radius 2 is 1.90 bits per heavy atom. The second-order valence-corrected chi connectivity index (χ2v) is 2.97. The summed E-state index contributed by atoms with van der Waals surface area (Å²) in [4.78, 5) is 0. The molecular weight excluding hydrogens is 151 g/mol. The Balaban J connectivity index is 4.07. The Hall–Kier alpha value is -0.300. The maximum Gasteiger partial charge on any atom is 0.128 e. The van der Waals surface area contributed by atoms with Crippen LogP contribution in [0.4, 0.5) is 4.39 Å². The van der Waals surface area contributed by atoms with Gasteiger partial charge in [-0.15, -0.1) is 0 Å². The van der Waals surface area contributed by atoms with Gasteiger partial charge in [0.1, 0.15) is 6.17 Å². The molecule has 0 aromatic heterocycles. The summed E-state index contributed by atoms with van der Waals surface area (Å²) >= 11 is 5.49. The smallest absolute Gasteiger partial charge is 0.128 e. The predicted molar refractivity (Wildman–Crippen MR) is 43.9 cm³/mol. The van der Waals surface area contributed by atoms with Crippen LogP contribution in [0.2, 0.25) is 0 Å². The van der Waals surface area contributed by atoms with E-state index in [1.54, 1.807) is 13.8 Å². The molecule has 2 unspecified atom stereocenters. The molecule has 10 heavy (non-hydrogen) atoms. The van der Waals surface area contributed by atoms with Gasteiger partial charge in [-0.1, -0.05) is 31.7 Å². The van der Waals surface area contributed by atoms with E-state index in [0.29, 0.717) is 10.6 Å². The van der Waals surface area contributed by atoms with E-state index in [4.69, 9.17) is 11.6 Å². The summed E-state index contributed by atoms with van der Waals surface area (Å²) in [5.74, 6) is -0.334. The summed E-state index contributed by atoms with van der Waals surface area (Å²) < 4.78 is 12.9. The van der Waals surface area contributed by atoms with Crippen molar-refractivity contribution in [3.05, 3.63) is 23.8 Å². The van der Waals surface area contributed by atoms with Crippen LogP contribution >= 0.6 is 11.6 Å². The van der Waals surface area contributed by atoms with Crippen LogP contribution in [0.3, 0.4) is 0 Å². The average molecular weight is 163 g/mol. The lowest BCUT2D eigenvalue weighted by Gasteiger charge is -2.14. The SMILES string of the molecule is C=C(Cl)C(C)C(F)C(=C)C. The first-order chi connectivity index (χ1) is 4.46. The van der Waals surface area contributed by atoms with Crippen LogP contribution < -0.4 is 0 Å². The highest BCUT2D eigenvalue weighted by atomic mass is 35.5. The molecule has 58 valence electrons. The number of alkyl halides is 1. The molecule has 0 radical (unpaired) electrons. The van der Waals surface area contributed by atoms with Crippen molar-refractivity contribution >= 4 is 11.6 Å². The van der Waals surface area contributed by atoms with Gasteiger partial charge in [0.2, 0.25) is 0 Å². The monoisotopic (exact) mass is 162 g/mol. The number of rotatable bonds is 3. The Morgan fingerprint density at radius 3 is 2.00 bits per heavy atom. The maximum atomic E-state index is 12.9. The fourth-order valence-corrected chi connectivity index (χ4v) is 0.696. The summed E-state index contributed by atoms with van der Waals surface area (Å²) in [5.41, 5.74) is 0.495. The normalized spacial score (nSPS) is 16.0. The van der Waals surface area contributed by atoms with E-state index in [1.807, 2.05) is 0 Å². The van der Waals surface area contributed by atoms with Crippen LogP contribution in [0.5, 0.6) is 0 Å². The molecule has 0 bridgehead atoms. The fourth-order valence-electron chi connectivity index (χ4n) is 0.586. The molecule has 0 aromatic carbocycles. The van der Waals surface area contributed by atoms with Gasteiger partial charge in [-0.3, -0.25) is 0 Å². The summed E-state index contributed by atoms with van der Waals surface area (Å²) in [7, 11) is 0. The Labute approximate surface area is 66.4 Å². The molecule has 0 spiro atoms. The molecule has 0 heterocycles. The molecule has 0 aromatic rings. The van der Waals surface area contributed by atoms with Gasteiger partial charge in [0, 0.05) is 11.0 Å². The molecule has 0 aliphatic carbocycles. The molecule has 0 fully saturated rings. The number of allylic oxidation sites excluding steroid dienone is 2. The zero-order chi connectivity index (χ0) is 8.31. The molecule has 0 N–H and O–H groups in total. The minimum atomic E-state index is -1.06. The van der Waals surface area contributed by atoms with Gasteiger partial charge in [-0.05, 0) is 12.5 Å². The summed E-state index contributed by atoms with van der Waals surface area (Å²) in [6.07, 6.45) is -1.06. The third-order valence-corrected chi connectivity index (χ3v) is 1.75. The van der Waals surface area contributed by atoms with E-state index in [-0.39, 0.29) is 5.92 Å². The second-order valence-electron chi connectivity index (χ2n) is 2.48. The van der Waals surface area contributed by atoms with Crippen molar-refractivity contribution in [2.24, 2.45) is 5.92 Å². The fraction of sp³-hybridized carbons (Fsp3) is 0.500. The van der Waals surface area contributed by atoms with Crippen molar-refractivity contribution in [2.45, 2.75) is 20.0 Å². The Kier molecular flexibility index (Phi) is 3.66. The first kappa shape index (κ1) is 9.70. The van der Waals surface area contributed by atoms with Crippen LogP contribution in [-0.2, 0) is 0 Å².